The Balaban J connectivity index is 1.61. The first-order valence-electron chi connectivity index (χ1n) is 7.54. The minimum absolute atomic E-state index is 0.314. The lowest BCUT2D eigenvalue weighted by molar-refractivity contribution is 0.0601. The summed E-state index contributed by atoms with van der Waals surface area (Å²) in [6.07, 6.45) is 6.34. The van der Waals surface area contributed by atoms with E-state index in [0.29, 0.717) is 28.8 Å². The Morgan fingerprint density at radius 1 is 1.54 bits per heavy atom. The fraction of sp³-hybridized carbons (Fsp3) is 0.400. The van der Waals surface area contributed by atoms with E-state index in [2.05, 4.69) is 15.7 Å². The van der Waals surface area contributed by atoms with Crippen molar-refractivity contribution >= 4 is 51.2 Å². The van der Waals surface area contributed by atoms with Crippen LogP contribution in [0.2, 0.25) is 5.02 Å². The maximum atomic E-state index is 12.1. The van der Waals surface area contributed by atoms with Crippen LogP contribution in [-0.2, 0) is 24.1 Å². The molecular formula is C15H17ClN4O2S2. The van der Waals surface area contributed by atoms with Crippen LogP contribution in [0.25, 0.3) is 0 Å². The second-order valence-electron chi connectivity index (χ2n) is 5.36. The lowest BCUT2D eigenvalue weighted by atomic mass is 10.1. The summed E-state index contributed by atoms with van der Waals surface area (Å²) in [5.74, 6) is -0.314. The number of thiophene rings is 1. The number of nitrogens with one attached hydrogen (secondary N) is 2. The highest BCUT2D eigenvalue weighted by Gasteiger charge is 2.27. The third kappa shape index (κ3) is 3.71. The molecule has 1 aliphatic carbocycles. The number of rotatable bonds is 5. The van der Waals surface area contributed by atoms with E-state index in [4.69, 9.17) is 28.6 Å². The molecule has 2 aromatic heterocycles. The molecule has 3 rings (SSSR count). The summed E-state index contributed by atoms with van der Waals surface area (Å²) in [6.45, 7) is 1.24. The van der Waals surface area contributed by atoms with Gasteiger partial charge in [0.1, 0.15) is 5.00 Å². The molecule has 6 nitrogen and oxygen atoms in total. The minimum Gasteiger partial charge on any atom is -0.465 e. The van der Waals surface area contributed by atoms with Crippen LogP contribution in [0.15, 0.2) is 12.4 Å². The SMILES string of the molecule is COC(=O)c1c(NC(=S)NCCn2cc(Cl)cn2)sc2c1CCC2. The zero-order valence-electron chi connectivity index (χ0n) is 13.1. The number of fused-ring (bicyclic) bond motifs is 1. The number of methoxy groups -OCH3 is 1. The third-order valence-corrected chi connectivity index (χ3v) is 5.41. The second-order valence-corrected chi connectivity index (χ2v) is 7.31. The van der Waals surface area contributed by atoms with Gasteiger partial charge in [-0.2, -0.15) is 5.10 Å². The molecule has 0 fully saturated rings. The Hall–Kier alpha value is -1.64. The number of aryl methyl sites for hydroxylation is 1. The molecule has 0 bridgehead atoms. The molecule has 0 saturated heterocycles. The van der Waals surface area contributed by atoms with Gasteiger partial charge in [-0.15, -0.1) is 11.3 Å². The van der Waals surface area contributed by atoms with Crippen LogP contribution in [0.4, 0.5) is 5.00 Å². The van der Waals surface area contributed by atoms with Crippen LogP contribution in [0.5, 0.6) is 0 Å². The maximum absolute atomic E-state index is 12.1. The van der Waals surface area contributed by atoms with Crippen LogP contribution in [0, 0.1) is 0 Å². The topological polar surface area (TPSA) is 68.2 Å². The molecule has 128 valence electrons. The number of halogens is 1. The highest BCUT2D eigenvalue weighted by Crippen LogP contribution is 2.39. The molecule has 0 spiro atoms. The maximum Gasteiger partial charge on any atom is 0.341 e. The fourth-order valence-corrected chi connectivity index (χ4v) is 4.41. The van der Waals surface area contributed by atoms with Crippen LogP contribution in [0.3, 0.4) is 0 Å². The average Bonchev–Trinajstić information content (AvgIpc) is 3.23. The number of carbonyl (C=O) groups excluding carboxylic acids is 1. The largest absolute Gasteiger partial charge is 0.465 e. The summed E-state index contributed by atoms with van der Waals surface area (Å²) < 4.78 is 6.66. The third-order valence-electron chi connectivity index (χ3n) is 3.77. The molecule has 1 aliphatic rings. The van der Waals surface area contributed by atoms with Gasteiger partial charge in [0.15, 0.2) is 5.11 Å². The number of nitrogens with zero attached hydrogens (tertiary/aromatic N) is 2. The summed E-state index contributed by atoms with van der Waals surface area (Å²) in [5, 5.41) is 12.2. The number of aromatic nitrogens is 2. The van der Waals surface area contributed by atoms with Crippen molar-refractivity contribution in [3.05, 3.63) is 33.4 Å². The summed E-state index contributed by atoms with van der Waals surface area (Å²) in [4.78, 5) is 13.3. The van der Waals surface area contributed by atoms with Gasteiger partial charge >= 0.3 is 5.97 Å². The molecule has 0 aromatic carbocycles. The van der Waals surface area contributed by atoms with Gasteiger partial charge < -0.3 is 15.4 Å². The van der Waals surface area contributed by atoms with E-state index in [-0.39, 0.29) is 5.97 Å². The average molecular weight is 385 g/mol. The number of thiocarbonyl (C=S) groups is 1. The van der Waals surface area contributed by atoms with Crippen molar-refractivity contribution in [3.63, 3.8) is 0 Å². The van der Waals surface area contributed by atoms with Crippen LogP contribution >= 0.6 is 35.2 Å². The Morgan fingerprint density at radius 2 is 2.38 bits per heavy atom. The fourth-order valence-electron chi connectivity index (χ4n) is 2.70. The summed E-state index contributed by atoms with van der Waals surface area (Å²) in [5.41, 5.74) is 1.72. The first kappa shape index (κ1) is 17.2. The normalized spacial score (nSPS) is 12.8. The molecule has 0 saturated carbocycles. The van der Waals surface area contributed by atoms with Gasteiger partial charge in [0.05, 0.1) is 30.4 Å². The van der Waals surface area contributed by atoms with Gasteiger partial charge in [-0.05, 0) is 37.0 Å². The smallest absolute Gasteiger partial charge is 0.341 e. The minimum atomic E-state index is -0.314. The predicted molar refractivity (Wildman–Crippen MR) is 99.1 cm³/mol. The van der Waals surface area contributed by atoms with E-state index < -0.39 is 0 Å². The van der Waals surface area contributed by atoms with E-state index in [1.807, 2.05) is 0 Å². The van der Waals surface area contributed by atoms with Gasteiger partial charge in [0.2, 0.25) is 0 Å². The van der Waals surface area contributed by atoms with Crippen LogP contribution in [0.1, 0.15) is 27.2 Å². The molecule has 0 radical (unpaired) electrons. The van der Waals surface area contributed by atoms with Gasteiger partial charge in [-0.1, -0.05) is 11.6 Å². The summed E-state index contributed by atoms with van der Waals surface area (Å²) in [7, 11) is 1.40. The molecule has 9 heteroatoms. The van der Waals surface area contributed by atoms with Crippen molar-refractivity contribution in [2.24, 2.45) is 0 Å². The molecule has 24 heavy (non-hydrogen) atoms. The number of esters is 1. The van der Waals surface area contributed by atoms with Gasteiger partial charge in [-0.3, -0.25) is 4.68 Å². The van der Waals surface area contributed by atoms with E-state index in [0.717, 1.165) is 29.8 Å². The van der Waals surface area contributed by atoms with Crippen molar-refractivity contribution in [1.82, 2.24) is 15.1 Å². The quantitative estimate of drug-likeness (QED) is 0.610. The zero-order valence-corrected chi connectivity index (χ0v) is 15.5. The number of hydrogen-bond acceptors (Lipinski definition) is 5. The Kier molecular flexibility index (Phi) is 5.37. The van der Waals surface area contributed by atoms with E-state index in [1.165, 1.54) is 12.0 Å². The highest BCUT2D eigenvalue weighted by atomic mass is 35.5. The van der Waals surface area contributed by atoms with Crippen molar-refractivity contribution in [2.45, 2.75) is 25.8 Å². The van der Waals surface area contributed by atoms with E-state index >= 15 is 0 Å². The summed E-state index contributed by atoms with van der Waals surface area (Å²) in [6, 6.07) is 0. The number of ether oxygens (including phenoxy) is 1. The predicted octanol–water partition coefficient (Wildman–Crippen LogP) is 2.86. The number of hydrogen-bond donors (Lipinski definition) is 2. The van der Waals surface area contributed by atoms with E-state index in [1.54, 1.807) is 28.4 Å². The van der Waals surface area contributed by atoms with E-state index in [9.17, 15) is 4.79 Å². The Morgan fingerprint density at radius 3 is 3.08 bits per heavy atom. The highest BCUT2D eigenvalue weighted by molar-refractivity contribution is 7.80. The lowest BCUT2D eigenvalue weighted by Crippen LogP contribution is -2.31. The molecule has 0 atom stereocenters. The van der Waals surface area contributed by atoms with Crippen molar-refractivity contribution in [3.8, 4) is 0 Å². The second kappa shape index (κ2) is 7.50. The molecule has 0 amide bonds. The molecule has 2 aromatic rings. The molecular weight excluding hydrogens is 368 g/mol. The monoisotopic (exact) mass is 384 g/mol. The molecule has 0 aliphatic heterocycles. The molecule has 2 heterocycles. The van der Waals surface area contributed by atoms with Gasteiger partial charge in [0.25, 0.3) is 0 Å². The first-order chi connectivity index (χ1) is 11.6. The van der Waals surface area contributed by atoms with Crippen molar-refractivity contribution < 1.29 is 9.53 Å². The van der Waals surface area contributed by atoms with Crippen LogP contribution < -0.4 is 10.6 Å². The number of anilines is 1. The first-order valence-corrected chi connectivity index (χ1v) is 9.14. The summed E-state index contributed by atoms with van der Waals surface area (Å²) >= 11 is 12.7. The Labute approximate surface area is 154 Å². The lowest BCUT2D eigenvalue weighted by Gasteiger charge is -2.11. The molecule has 0 unspecified atom stereocenters. The van der Waals surface area contributed by atoms with Crippen LogP contribution in [-0.4, -0.2) is 34.5 Å². The Bertz CT molecular complexity index is 772. The number of carbonyl (C=O) groups is 1. The standard InChI is InChI=1S/C15H17ClN4O2S2/c1-22-14(21)12-10-3-2-4-11(10)24-13(12)19-15(23)17-5-6-20-8-9(16)7-18-20/h7-8H,2-6H2,1H3,(H2,17,19,23). The van der Waals surface area contributed by atoms with Crippen molar-refractivity contribution in [2.75, 3.05) is 19.0 Å². The molecule has 2 N–H and O–H groups in total. The van der Waals surface area contributed by atoms with Crippen molar-refractivity contribution in [1.29, 1.82) is 0 Å². The van der Waals surface area contributed by atoms with Gasteiger partial charge in [-0.25, -0.2) is 4.79 Å². The zero-order chi connectivity index (χ0) is 17.1. The van der Waals surface area contributed by atoms with Gasteiger partial charge in [0, 0.05) is 17.6 Å².